The number of carbonyl (C=O) groups excluding carboxylic acids is 1. The van der Waals surface area contributed by atoms with Crippen LogP contribution in [0.2, 0.25) is 0 Å². The van der Waals surface area contributed by atoms with E-state index in [1.165, 1.54) is 24.0 Å². The second-order valence-corrected chi connectivity index (χ2v) is 9.36. The molecule has 3 nitrogen and oxygen atoms in total. The lowest BCUT2D eigenvalue weighted by molar-refractivity contribution is -0.787. The van der Waals surface area contributed by atoms with Crippen LogP contribution < -0.4 is 10.6 Å². The summed E-state index contributed by atoms with van der Waals surface area (Å²) in [5.41, 5.74) is 3.12. The van der Waals surface area contributed by atoms with Gasteiger partial charge in [0.2, 0.25) is 0 Å². The minimum absolute atomic E-state index is 0.159. The minimum atomic E-state index is 0.159. The molecule has 3 N–H and O–H groups in total. The molecule has 0 spiro atoms. The first kappa shape index (κ1) is 16.0. The number of nitrogens with two attached hydrogens (primary N) is 1. The first-order valence-electron chi connectivity index (χ1n) is 8.53. The van der Waals surface area contributed by atoms with Crippen LogP contribution in [0.5, 0.6) is 0 Å². The van der Waals surface area contributed by atoms with Gasteiger partial charge in [0.25, 0.3) is 5.91 Å². The number of piperidine rings is 1. The highest BCUT2D eigenvalue weighted by Gasteiger charge is 2.42. The third-order valence-corrected chi connectivity index (χ3v) is 6.04. The smallest absolute Gasteiger partial charge is 0.261 e. The highest BCUT2D eigenvalue weighted by atomic mass is 32.1. The van der Waals surface area contributed by atoms with Crippen molar-refractivity contribution in [1.29, 1.82) is 0 Å². The van der Waals surface area contributed by atoms with Gasteiger partial charge in [-0.15, -0.1) is 11.3 Å². The number of amides is 1. The lowest BCUT2D eigenvalue weighted by atomic mass is 9.79. The number of fused-ring (bicyclic) bond motifs is 1. The Hall–Kier alpha value is -0.870. The third kappa shape index (κ3) is 3.38. The van der Waals surface area contributed by atoms with Crippen LogP contribution in [-0.4, -0.2) is 23.0 Å². The Morgan fingerprint density at radius 2 is 1.82 bits per heavy atom. The zero-order valence-corrected chi connectivity index (χ0v) is 15.1. The second-order valence-electron chi connectivity index (χ2n) is 8.48. The number of nitrogens with one attached hydrogen (secondary N) is 1. The van der Waals surface area contributed by atoms with Crippen LogP contribution in [0.15, 0.2) is 5.38 Å². The van der Waals surface area contributed by atoms with Crippen LogP contribution in [0, 0.1) is 0 Å². The summed E-state index contributed by atoms with van der Waals surface area (Å²) in [5, 5.41) is 7.99. The van der Waals surface area contributed by atoms with E-state index in [0.717, 1.165) is 30.6 Å². The predicted octanol–water partition coefficient (Wildman–Crippen LogP) is 2.64. The van der Waals surface area contributed by atoms with Gasteiger partial charge in [0.05, 0.1) is 16.0 Å². The summed E-state index contributed by atoms with van der Waals surface area (Å²) in [5.74, 6) is 0.159. The number of hydrogen-bond donors (Lipinski definition) is 2. The molecule has 2 aliphatic rings. The van der Waals surface area contributed by atoms with Gasteiger partial charge in [0.1, 0.15) is 0 Å². The van der Waals surface area contributed by atoms with Crippen molar-refractivity contribution in [1.82, 2.24) is 5.32 Å². The number of rotatable bonds is 2. The molecular weight excluding hydrogens is 292 g/mol. The maximum atomic E-state index is 12.8. The normalized spacial score (nSPS) is 23.8. The van der Waals surface area contributed by atoms with Crippen LogP contribution in [0.4, 0.5) is 0 Å². The van der Waals surface area contributed by atoms with Gasteiger partial charge in [-0.2, -0.15) is 0 Å². The van der Waals surface area contributed by atoms with Crippen LogP contribution in [0.25, 0.3) is 0 Å². The number of thiophene rings is 1. The lowest BCUT2D eigenvalue weighted by Crippen LogP contribution is -3.06. The van der Waals surface area contributed by atoms with Crippen LogP contribution in [-0.2, 0) is 12.8 Å². The van der Waals surface area contributed by atoms with E-state index in [1.807, 2.05) is 0 Å². The Bertz CT molecular complexity index is 558. The zero-order chi connectivity index (χ0) is 16.0. The van der Waals surface area contributed by atoms with Gasteiger partial charge in [-0.25, -0.2) is 0 Å². The van der Waals surface area contributed by atoms with Crippen molar-refractivity contribution in [2.75, 3.05) is 0 Å². The van der Waals surface area contributed by atoms with Crippen LogP contribution in [0.1, 0.15) is 74.2 Å². The first-order valence-corrected chi connectivity index (χ1v) is 9.41. The summed E-state index contributed by atoms with van der Waals surface area (Å²) in [6, 6.07) is 0.281. The molecule has 2 heterocycles. The predicted molar refractivity (Wildman–Crippen MR) is 91.5 cm³/mol. The van der Waals surface area contributed by atoms with Gasteiger partial charge in [0.15, 0.2) is 0 Å². The molecule has 1 aliphatic heterocycles. The Kier molecular flexibility index (Phi) is 4.11. The second kappa shape index (κ2) is 5.64. The monoisotopic (exact) mass is 321 g/mol. The van der Waals surface area contributed by atoms with E-state index in [9.17, 15) is 4.79 Å². The van der Waals surface area contributed by atoms with Crippen molar-refractivity contribution < 1.29 is 10.1 Å². The number of carbonyl (C=O) groups is 1. The fourth-order valence-corrected chi connectivity index (χ4v) is 5.64. The van der Waals surface area contributed by atoms with Gasteiger partial charge in [0, 0.05) is 18.9 Å². The molecule has 0 atom stereocenters. The molecule has 1 aromatic rings. The molecular formula is C18H29N2OS+. The van der Waals surface area contributed by atoms with E-state index in [1.54, 1.807) is 11.3 Å². The molecule has 0 radical (unpaired) electrons. The Morgan fingerprint density at radius 1 is 1.18 bits per heavy atom. The first-order chi connectivity index (χ1) is 10.3. The molecule has 0 saturated carbocycles. The van der Waals surface area contributed by atoms with Crippen molar-refractivity contribution in [2.45, 2.75) is 83.3 Å². The summed E-state index contributed by atoms with van der Waals surface area (Å²) in [4.78, 5) is 13.7. The zero-order valence-electron chi connectivity index (χ0n) is 14.3. The number of aryl methyl sites for hydroxylation is 1. The lowest BCUT2D eigenvalue weighted by Gasteiger charge is -2.43. The Balaban J connectivity index is 1.73. The topological polar surface area (TPSA) is 45.7 Å². The highest BCUT2D eigenvalue weighted by Crippen LogP contribution is 2.30. The molecule has 1 aliphatic carbocycles. The maximum absolute atomic E-state index is 12.8. The van der Waals surface area contributed by atoms with Gasteiger partial charge >= 0.3 is 0 Å². The van der Waals surface area contributed by atoms with E-state index in [2.05, 4.69) is 43.7 Å². The largest absolute Gasteiger partial charge is 0.348 e. The van der Waals surface area contributed by atoms with E-state index in [0.29, 0.717) is 0 Å². The minimum Gasteiger partial charge on any atom is -0.348 e. The molecule has 22 heavy (non-hydrogen) atoms. The molecule has 1 amide bonds. The standard InChI is InChI=1S/C18H28N2OS/c1-17(2)9-13(10-18(3,4)20-17)19-16(21)15-14-8-6-5-7-12(14)11-22-15/h11,13,20H,5-10H2,1-4H3,(H,19,21)/p+1. The Morgan fingerprint density at radius 3 is 2.50 bits per heavy atom. The van der Waals surface area contributed by atoms with Gasteiger partial charge in [-0.1, -0.05) is 0 Å². The average Bonchev–Trinajstić information content (AvgIpc) is 2.78. The summed E-state index contributed by atoms with van der Waals surface area (Å²) in [6.07, 6.45) is 6.80. The molecule has 0 unspecified atom stereocenters. The van der Waals surface area contributed by atoms with Crippen LogP contribution in [0.3, 0.4) is 0 Å². The fourth-order valence-electron chi connectivity index (χ4n) is 4.58. The number of hydrogen-bond acceptors (Lipinski definition) is 2. The van der Waals surface area contributed by atoms with Crippen molar-refractivity contribution in [2.24, 2.45) is 0 Å². The molecule has 1 saturated heterocycles. The molecule has 0 bridgehead atoms. The average molecular weight is 322 g/mol. The summed E-state index contributed by atoms with van der Waals surface area (Å²) >= 11 is 1.64. The molecule has 122 valence electrons. The Labute approximate surface area is 137 Å². The molecule has 1 aromatic heterocycles. The van der Waals surface area contributed by atoms with E-state index < -0.39 is 0 Å². The number of quaternary nitrogens is 1. The van der Waals surface area contributed by atoms with Crippen LogP contribution >= 0.6 is 11.3 Å². The molecule has 1 fully saturated rings. The highest BCUT2D eigenvalue weighted by molar-refractivity contribution is 7.12. The maximum Gasteiger partial charge on any atom is 0.261 e. The third-order valence-electron chi connectivity index (χ3n) is 4.97. The van der Waals surface area contributed by atoms with Crippen molar-refractivity contribution in [3.05, 3.63) is 21.4 Å². The van der Waals surface area contributed by atoms with Crippen molar-refractivity contribution in [3.8, 4) is 0 Å². The van der Waals surface area contributed by atoms with Gasteiger partial charge in [-0.05, 0) is 69.9 Å². The van der Waals surface area contributed by atoms with Gasteiger partial charge < -0.3 is 10.6 Å². The summed E-state index contributed by atoms with van der Waals surface area (Å²) < 4.78 is 0. The molecule has 4 heteroatoms. The SMILES string of the molecule is CC1(C)CC(NC(=O)c2scc3c2CCCC3)CC(C)(C)[NH2+]1. The van der Waals surface area contributed by atoms with E-state index in [4.69, 9.17) is 0 Å². The molecule has 3 rings (SSSR count). The summed E-state index contributed by atoms with van der Waals surface area (Å²) in [7, 11) is 0. The van der Waals surface area contributed by atoms with E-state index >= 15 is 0 Å². The van der Waals surface area contributed by atoms with Crippen molar-refractivity contribution >= 4 is 17.2 Å². The van der Waals surface area contributed by atoms with Crippen molar-refractivity contribution in [3.63, 3.8) is 0 Å². The molecule has 0 aromatic carbocycles. The quantitative estimate of drug-likeness (QED) is 0.864. The fraction of sp³-hybridized carbons (Fsp3) is 0.722. The van der Waals surface area contributed by atoms with E-state index in [-0.39, 0.29) is 23.0 Å². The summed E-state index contributed by atoms with van der Waals surface area (Å²) in [6.45, 7) is 9.11. The van der Waals surface area contributed by atoms with Gasteiger partial charge in [-0.3, -0.25) is 4.79 Å².